The third kappa shape index (κ3) is 2.38. The molecule has 0 saturated carbocycles. The monoisotopic (exact) mass is 324 g/mol. The lowest BCUT2D eigenvalue weighted by atomic mass is 10.1. The molecular weight excluding hydrogens is 304 g/mol. The van der Waals surface area contributed by atoms with Crippen molar-refractivity contribution in [1.29, 1.82) is 0 Å². The van der Waals surface area contributed by atoms with Crippen LogP contribution < -0.4 is 0 Å². The van der Waals surface area contributed by atoms with Gasteiger partial charge in [-0.05, 0) is 61.9 Å². The van der Waals surface area contributed by atoms with Crippen LogP contribution in [-0.4, -0.2) is 22.3 Å². The van der Waals surface area contributed by atoms with Gasteiger partial charge in [0.1, 0.15) is 0 Å². The minimum atomic E-state index is 0.154. The largest absolute Gasteiger partial charge is 0.358 e. The molecule has 23 heavy (non-hydrogen) atoms. The maximum atomic E-state index is 13.0. The number of hydrogen-bond acceptors (Lipinski definition) is 2. The zero-order valence-electron chi connectivity index (χ0n) is 13.4. The number of aromatic nitrogens is 1. The van der Waals surface area contributed by atoms with Gasteiger partial charge in [0.2, 0.25) is 0 Å². The number of fused-ring (bicyclic) bond motifs is 1. The van der Waals surface area contributed by atoms with Crippen molar-refractivity contribution in [2.75, 3.05) is 6.54 Å². The molecule has 1 aromatic carbocycles. The second-order valence-electron chi connectivity index (χ2n) is 6.31. The molecule has 1 N–H and O–H groups in total. The average molecular weight is 324 g/mol. The lowest BCUT2D eigenvalue weighted by Gasteiger charge is -2.24. The third-order valence-corrected chi connectivity index (χ3v) is 5.91. The van der Waals surface area contributed by atoms with Crippen LogP contribution in [0.25, 0.3) is 10.9 Å². The maximum absolute atomic E-state index is 13.0. The van der Waals surface area contributed by atoms with Crippen molar-refractivity contribution in [2.45, 2.75) is 32.7 Å². The quantitative estimate of drug-likeness (QED) is 0.720. The molecule has 4 heteroatoms. The van der Waals surface area contributed by atoms with Gasteiger partial charge in [0, 0.05) is 33.6 Å². The number of nitrogens with zero attached hydrogens (tertiary/aromatic N) is 1. The minimum Gasteiger partial charge on any atom is -0.358 e. The Kier molecular flexibility index (Phi) is 3.49. The lowest BCUT2D eigenvalue weighted by molar-refractivity contribution is 0.0738. The first kappa shape index (κ1) is 14.5. The van der Waals surface area contributed by atoms with Gasteiger partial charge in [0.05, 0.1) is 6.04 Å². The Morgan fingerprint density at radius 3 is 2.96 bits per heavy atom. The number of benzene rings is 1. The summed E-state index contributed by atoms with van der Waals surface area (Å²) in [5, 5.41) is 3.24. The van der Waals surface area contributed by atoms with Crippen molar-refractivity contribution in [3.05, 3.63) is 57.4 Å². The first-order valence-corrected chi connectivity index (χ1v) is 8.96. The molecule has 1 aliphatic heterocycles. The number of amides is 1. The van der Waals surface area contributed by atoms with Gasteiger partial charge in [-0.15, -0.1) is 11.3 Å². The summed E-state index contributed by atoms with van der Waals surface area (Å²) in [6, 6.07) is 10.5. The molecule has 1 fully saturated rings. The molecule has 0 bridgehead atoms. The van der Waals surface area contributed by atoms with Crippen molar-refractivity contribution in [2.24, 2.45) is 0 Å². The second kappa shape index (κ2) is 5.53. The van der Waals surface area contributed by atoms with E-state index in [4.69, 9.17) is 0 Å². The Morgan fingerprint density at radius 1 is 1.30 bits per heavy atom. The van der Waals surface area contributed by atoms with E-state index in [0.717, 1.165) is 35.9 Å². The van der Waals surface area contributed by atoms with Crippen LogP contribution in [0.15, 0.2) is 35.7 Å². The van der Waals surface area contributed by atoms with Gasteiger partial charge in [-0.2, -0.15) is 0 Å². The summed E-state index contributed by atoms with van der Waals surface area (Å²) < 4.78 is 0. The number of likely N-dealkylation sites (tertiary alicyclic amines) is 1. The van der Waals surface area contributed by atoms with Crippen LogP contribution in [0.2, 0.25) is 0 Å². The van der Waals surface area contributed by atoms with Crippen LogP contribution >= 0.6 is 11.3 Å². The molecule has 1 aliphatic rings. The van der Waals surface area contributed by atoms with E-state index in [-0.39, 0.29) is 11.9 Å². The highest BCUT2D eigenvalue weighted by Crippen LogP contribution is 2.35. The smallest absolute Gasteiger partial charge is 0.254 e. The molecule has 3 heterocycles. The normalized spacial score (nSPS) is 18.0. The van der Waals surface area contributed by atoms with Gasteiger partial charge in [-0.3, -0.25) is 4.79 Å². The molecule has 0 unspecified atom stereocenters. The summed E-state index contributed by atoms with van der Waals surface area (Å²) in [5.41, 5.74) is 4.30. The first-order valence-electron chi connectivity index (χ1n) is 8.08. The van der Waals surface area contributed by atoms with E-state index in [9.17, 15) is 4.79 Å². The van der Waals surface area contributed by atoms with E-state index < -0.39 is 0 Å². The van der Waals surface area contributed by atoms with Gasteiger partial charge in [-0.25, -0.2) is 0 Å². The molecule has 0 aliphatic carbocycles. The molecule has 2 aromatic heterocycles. The number of rotatable bonds is 2. The van der Waals surface area contributed by atoms with E-state index >= 15 is 0 Å². The summed E-state index contributed by atoms with van der Waals surface area (Å²) in [4.78, 5) is 19.7. The van der Waals surface area contributed by atoms with Gasteiger partial charge < -0.3 is 9.88 Å². The van der Waals surface area contributed by atoms with Gasteiger partial charge in [0.25, 0.3) is 5.91 Å². The van der Waals surface area contributed by atoms with Gasteiger partial charge in [-0.1, -0.05) is 6.07 Å². The van der Waals surface area contributed by atoms with Crippen molar-refractivity contribution in [1.82, 2.24) is 9.88 Å². The molecule has 4 rings (SSSR count). The Hall–Kier alpha value is -2.07. The fourth-order valence-electron chi connectivity index (χ4n) is 3.55. The fourth-order valence-corrected chi connectivity index (χ4v) is 4.42. The Bertz CT molecular complexity index is 863. The number of hydrogen-bond donors (Lipinski definition) is 1. The molecule has 3 aromatic rings. The standard InChI is InChI=1S/C19H20N2OS/c1-12-13(2)20-16-8-7-14(11-15(12)16)19(22)21-9-3-5-17(21)18-6-4-10-23-18/h4,6-8,10-11,17,20H,3,5,9H2,1-2H3/t17-/m1/s1. The molecule has 1 atom stereocenters. The molecule has 1 amide bonds. The van der Waals surface area contributed by atoms with Crippen molar-refractivity contribution in [3.63, 3.8) is 0 Å². The third-order valence-electron chi connectivity index (χ3n) is 4.94. The minimum absolute atomic E-state index is 0.154. The topological polar surface area (TPSA) is 36.1 Å². The summed E-state index contributed by atoms with van der Waals surface area (Å²) >= 11 is 1.75. The van der Waals surface area contributed by atoms with Crippen LogP contribution in [-0.2, 0) is 0 Å². The van der Waals surface area contributed by atoms with Crippen molar-refractivity contribution >= 4 is 28.1 Å². The highest BCUT2D eigenvalue weighted by atomic mass is 32.1. The zero-order valence-corrected chi connectivity index (χ0v) is 14.2. The molecule has 0 spiro atoms. The fraction of sp³-hybridized carbons (Fsp3) is 0.316. The lowest BCUT2D eigenvalue weighted by Crippen LogP contribution is -2.30. The number of H-pyrrole nitrogens is 1. The molecular formula is C19H20N2OS. The molecule has 118 valence electrons. The van der Waals surface area contributed by atoms with Gasteiger partial charge in [0.15, 0.2) is 0 Å². The van der Waals surface area contributed by atoms with Crippen LogP contribution in [0.5, 0.6) is 0 Å². The van der Waals surface area contributed by atoms with Crippen LogP contribution in [0, 0.1) is 13.8 Å². The van der Waals surface area contributed by atoms with Crippen LogP contribution in [0.4, 0.5) is 0 Å². The predicted octanol–water partition coefficient (Wildman–Crippen LogP) is 4.82. The van der Waals surface area contributed by atoms with E-state index in [1.165, 1.54) is 16.1 Å². The zero-order chi connectivity index (χ0) is 16.0. The number of carbonyl (C=O) groups is 1. The Balaban J connectivity index is 1.69. The Morgan fingerprint density at radius 2 is 2.17 bits per heavy atom. The molecule has 0 radical (unpaired) electrons. The highest BCUT2D eigenvalue weighted by Gasteiger charge is 2.31. The van der Waals surface area contributed by atoms with E-state index in [1.807, 2.05) is 23.1 Å². The Labute approximate surface area is 139 Å². The van der Waals surface area contributed by atoms with Crippen molar-refractivity contribution < 1.29 is 4.79 Å². The van der Waals surface area contributed by atoms with E-state index in [2.05, 4.69) is 36.3 Å². The average Bonchev–Trinajstić information content (AvgIpc) is 3.27. The van der Waals surface area contributed by atoms with Crippen LogP contribution in [0.1, 0.15) is 45.4 Å². The summed E-state index contributed by atoms with van der Waals surface area (Å²) in [5.74, 6) is 0.154. The maximum Gasteiger partial charge on any atom is 0.254 e. The highest BCUT2D eigenvalue weighted by molar-refractivity contribution is 7.10. The molecule has 1 saturated heterocycles. The number of thiophene rings is 1. The van der Waals surface area contributed by atoms with Gasteiger partial charge >= 0.3 is 0 Å². The summed E-state index contributed by atoms with van der Waals surface area (Å²) in [6.07, 6.45) is 2.15. The number of aromatic amines is 1. The summed E-state index contributed by atoms with van der Waals surface area (Å²) in [7, 11) is 0. The van der Waals surface area contributed by atoms with E-state index in [1.54, 1.807) is 11.3 Å². The number of aryl methyl sites for hydroxylation is 2. The predicted molar refractivity (Wildman–Crippen MR) is 95.1 cm³/mol. The molecule has 3 nitrogen and oxygen atoms in total. The van der Waals surface area contributed by atoms with Crippen LogP contribution in [0.3, 0.4) is 0 Å². The van der Waals surface area contributed by atoms with Crippen molar-refractivity contribution in [3.8, 4) is 0 Å². The number of carbonyl (C=O) groups excluding carboxylic acids is 1. The number of nitrogens with one attached hydrogen (secondary N) is 1. The summed E-state index contributed by atoms with van der Waals surface area (Å²) in [6.45, 7) is 5.03. The first-order chi connectivity index (χ1) is 11.1. The van der Waals surface area contributed by atoms with E-state index in [0.29, 0.717) is 0 Å². The SMILES string of the molecule is Cc1[nH]c2ccc(C(=O)N3CCC[C@@H]3c3cccs3)cc2c1C. The second-order valence-corrected chi connectivity index (χ2v) is 7.29.